The van der Waals surface area contributed by atoms with Gasteiger partial charge in [0.25, 0.3) is 0 Å². The van der Waals surface area contributed by atoms with Crippen molar-refractivity contribution in [3.8, 4) is 0 Å². The molecule has 0 bridgehead atoms. The topological polar surface area (TPSA) is 54.2 Å². The van der Waals surface area contributed by atoms with Crippen LogP contribution >= 0.6 is 0 Å². The van der Waals surface area contributed by atoms with Crippen LogP contribution in [0.4, 0.5) is 0 Å². The Hall–Kier alpha value is -1.52. The summed E-state index contributed by atoms with van der Waals surface area (Å²) in [5.74, 6) is 0.878. The average Bonchev–Trinajstić information content (AvgIpc) is 2.74. The molecule has 17 heavy (non-hydrogen) atoms. The van der Waals surface area contributed by atoms with Crippen LogP contribution in [0, 0.1) is 6.92 Å². The normalized spacial score (nSPS) is 11.6. The summed E-state index contributed by atoms with van der Waals surface area (Å²) in [5.41, 5.74) is 1.21. The van der Waals surface area contributed by atoms with E-state index in [4.69, 9.17) is 0 Å². The lowest BCUT2D eigenvalue weighted by molar-refractivity contribution is 0.570. The maximum absolute atomic E-state index is 4.25. The molecule has 5 heteroatoms. The van der Waals surface area contributed by atoms with E-state index in [0.29, 0.717) is 0 Å². The molecule has 1 aromatic rings. The first-order valence-electron chi connectivity index (χ1n) is 6.20. The minimum absolute atomic E-state index is 0.878. The number of guanidine groups is 1. The first-order chi connectivity index (χ1) is 8.26. The van der Waals surface area contributed by atoms with Gasteiger partial charge in [0.1, 0.15) is 0 Å². The third kappa shape index (κ3) is 5.38. The minimum atomic E-state index is 0.878. The lowest BCUT2D eigenvalue weighted by Crippen LogP contribution is -2.38. The monoisotopic (exact) mass is 237 g/mol. The number of aryl methyl sites for hydroxylation is 2. The second-order valence-electron chi connectivity index (χ2n) is 4.06. The lowest BCUT2D eigenvalue weighted by atomic mass is 10.4. The summed E-state index contributed by atoms with van der Waals surface area (Å²) in [6.07, 6.45) is 6.08. The Kier molecular flexibility index (Phi) is 6.14. The average molecular weight is 237 g/mol. The van der Waals surface area contributed by atoms with E-state index in [1.165, 1.54) is 5.56 Å². The van der Waals surface area contributed by atoms with E-state index in [1.807, 2.05) is 10.9 Å². The molecule has 5 nitrogen and oxygen atoms in total. The summed E-state index contributed by atoms with van der Waals surface area (Å²) in [6.45, 7) is 6.99. The summed E-state index contributed by atoms with van der Waals surface area (Å²) < 4.78 is 1.97. The number of hydrogen-bond acceptors (Lipinski definition) is 2. The Labute approximate surface area is 103 Å². The number of nitrogens with zero attached hydrogens (tertiary/aromatic N) is 3. The van der Waals surface area contributed by atoms with E-state index in [0.717, 1.165) is 38.4 Å². The van der Waals surface area contributed by atoms with Gasteiger partial charge in [0.2, 0.25) is 0 Å². The fourth-order valence-electron chi connectivity index (χ4n) is 1.50. The third-order valence-corrected chi connectivity index (χ3v) is 2.38. The zero-order chi connectivity index (χ0) is 12.5. The molecule has 0 fully saturated rings. The molecule has 0 aliphatic carbocycles. The molecule has 0 saturated heterocycles. The van der Waals surface area contributed by atoms with Crippen molar-refractivity contribution >= 4 is 5.96 Å². The second-order valence-corrected chi connectivity index (χ2v) is 4.06. The van der Waals surface area contributed by atoms with Crippen LogP contribution in [0.2, 0.25) is 0 Å². The fraction of sp³-hybridized carbons (Fsp3) is 0.667. The van der Waals surface area contributed by atoms with Crippen molar-refractivity contribution in [2.75, 3.05) is 20.1 Å². The number of rotatable bonds is 6. The molecule has 1 aromatic heterocycles. The first-order valence-corrected chi connectivity index (χ1v) is 6.20. The predicted octanol–water partition coefficient (Wildman–Crippen LogP) is 1.16. The Balaban J connectivity index is 2.14. The van der Waals surface area contributed by atoms with Crippen molar-refractivity contribution < 1.29 is 0 Å². The van der Waals surface area contributed by atoms with Crippen LogP contribution in [0.1, 0.15) is 25.3 Å². The molecule has 0 saturated carbocycles. The highest BCUT2D eigenvalue weighted by molar-refractivity contribution is 5.79. The van der Waals surface area contributed by atoms with Gasteiger partial charge in [0.15, 0.2) is 5.96 Å². The molecule has 96 valence electrons. The van der Waals surface area contributed by atoms with Crippen LogP contribution in [-0.4, -0.2) is 35.9 Å². The van der Waals surface area contributed by atoms with Gasteiger partial charge in [-0.1, -0.05) is 6.92 Å². The predicted molar refractivity (Wildman–Crippen MR) is 71.2 cm³/mol. The van der Waals surface area contributed by atoms with Crippen molar-refractivity contribution in [3.05, 3.63) is 18.0 Å². The minimum Gasteiger partial charge on any atom is -0.356 e. The van der Waals surface area contributed by atoms with Crippen LogP contribution in [0.15, 0.2) is 17.4 Å². The van der Waals surface area contributed by atoms with E-state index in [9.17, 15) is 0 Å². The van der Waals surface area contributed by atoms with Gasteiger partial charge in [0.05, 0.1) is 6.20 Å². The summed E-state index contributed by atoms with van der Waals surface area (Å²) in [7, 11) is 1.79. The molecular weight excluding hydrogens is 214 g/mol. The Morgan fingerprint density at radius 3 is 2.76 bits per heavy atom. The molecule has 0 aromatic carbocycles. The van der Waals surface area contributed by atoms with Gasteiger partial charge in [-0.05, 0) is 25.3 Å². The maximum atomic E-state index is 4.25. The van der Waals surface area contributed by atoms with Crippen molar-refractivity contribution in [2.24, 2.45) is 4.99 Å². The summed E-state index contributed by atoms with van der Waals surface area (Å²) >= 11 is 0. The van der Waals surface area contributed by atoms with Crippen LogP contribution < -0.4 is 10.6 Å². The lowest BCUT2D eigenvalue weighted by Gasteiger charge is -2.10. The molecule has 2 N–H and O–H groups in total. The first kappa shape index (κ1) is 13.5. The SMILES string of the molecule is CCCNC(=NC)NCCCn1cc(C)cn1. The highest BCUT2D eigenvalue weighted by atomic mass is 15.3. The molecule has 0 amide bonds. The van der Waals surface area contributed by atoms with Gasteiger partial charge in [-0.2, -0.15) is 5.10 Å². The molecule has 0 aliphatic heterocycles. The molecule has 0 spiro atoms. The highest BCUT2D eigenvalue weighted by Crippen LogP contribution is 1.95. The van der Waals surface area contributed by atoms with E-state index < -0.39 is 0 Å². The number of nitrogens with one attached hydrogen (secondary N) is 2. The zero-order valence-corrected chi connectivity index (χ0v) is 11.0. The van der Waals surface area contributed by atoms with Crippen molar-refractivity contribution in [1.82, 2.24) is 20.4 Å². The van der Waals surface area contributed by atoms with Crippen molar-refractivity contribution in [1.29, 1.82) is 0 Å². The summed E-state index contributed by atoms with van der Waals surface area (Å²) in [6, 6.07) is 0. The van der Waals surface area contributed by atoms with Crippen LogP contribution in [0.5, 0.6) is 0 Å². The van der Waals surface area contributed by atoms with E-state index in [2.05, 4.69) is 40.8 Å². The smallest absolute Gasteiger partial charge is 0.190 e. The number of aliphatic imine (C=N–C) groups is 1. The fourth-order valence-corrected chi connectivity index (χ4v) is 1.50. The van der Waals surface area contributed by atoms with Crippen LogP contribution in [0.3, 0.4) is 0 Å². The molecule has 1 rings (SSSR count). The van der Waals surface area contributed by atoms with Gasteiger partial charge >= 0.3 is 0 Å². The van der Waals surface area contributed by atoms with Crippen LogP contribution in [0.25, 0.3) is 0 Å². The Morgan fingerprint density at radius 2 is 2.18 bits per heavy atom. The highest BCUT2D eigenvalue weighted by Gasteiger charge is 1.96. The number of hydrogen-bond donors (Lipinski definition) is 2. The largest absolute Gasteiger partial charge is 0.356 e. The quantitative estimate of drug-likeness (QED) is 0.443. The van der Waals surface area contributed by atoms with Gasteiger partial charge < -0.3 is 10.6 Å². The Bertz CT molecular complexity index is 342. The van der Waals surface area contributed by atoms with Crippen LogP contribution in [-0.2, 0) is 6.54 Å². The van der Waals surface area contributed by atoms with Gasteiger partial charge in [-0.15, -0.1) is 0 Å². The van der Waals surface area contributed by atoms with Crippen molar-refractivity contribution in [3.63, 3.8) is 0 Å². The number of aromatic nitrogens is 2. The molecule has 0 atom stereocenters. The zero-order valence-electron chi connectivity index (χ0n) is 11.0. The molecular formula is C12H23N5. The summed E-state index contributed by atoms with van der Waals surface area (Å²) in [4.78, 5) is 4.15. The van der Waals surface area contributed by atoms with E-state index in [-0.39, 0.29) is 0 Å². The van der Waals surface area contributed by atoms with E-state index in [1.54, 1.807) is 7.05 Å². The van der Waals surface area contributed by atoms with Gasteiger partial charge in [-0.3, -0.25) is 9.67 Å². The molecule has 0 radical (unpaired) electrons. The molecule has 0 unspecified atom stereocenters. The Morgan fingerprint density at radius 1 is 1.41 bits per heavy atom. The van der Waals surface area contributed by atoms with Crippen molar-refractivity contribution in [2.45, 2.75) is 33.2 Å². The maximum Gasteiger partial charge on any atom is 0.190 e. The standard InChI is InChI=1S/C12H23N5/c1-4-6-14-12(13-3)15-7-5-8-17-10-11(2)9-16-17/h9-10H,4-8H2,1-3H3,(H2,13,14,15). The second kappa shape index (κ2) is 7.70. The van der Waals surface area contributed by atoms with E-state index >= 15 is 0 Å². The molecule has 0 aliphatic rings. The molecule has 1 heterocycles. The van der Waals surface area contributed by atoms with Gasteiger partial charge in [-0.25, -0.2) is 0 Å². The van der Waals surface area contributed by atoms with Gasteiger partial charge in [0, 0.05) is 32.9 Å². The third-order valence-electron chi connectivity index (χ3n) is 2.38. The summed E-state index contributed by atoms with van der Waals surface area (Å²) in [5, 5.41) is 10.8.